The predicted molar refractivity (Wildman–Crippen MR) is 81.6 cm³/mol. The molecule has 0 aliphatic heterocycles. The molecule has 22 heavy (non-hydrogen) atoms. The first-order valence-electron chi connectivity index (χ1n) is 6.41. The Morgan fingerprint density at radius 3 is 2.41 bits per heavy atom. The number of anilines is 1. The van der Waals surface area contributed by atoms with Gasteiger partial charge in [-0.05, 0) is 23.1 Å². The van der Waals surface area contributed by atoms with Crippen LogP contribution < -0.4 is 5.32 Å². The Kier molecular flexibility index (Phi) is 7.24. The lowest BCUT2D eigenvalue weighted by molar-refractivity contribution is -0.142. The predicted octanol–water partition coefficient (Wildman–Crippen LogP) is 2.42. The van der Waals surface area contributed by atoms with Crippen molar-refractivity contribution in [1.82, 2.24) is 0 Å². The molecule has 0 aliphatic rings. The Hall–Kier alpha value is -1.69. The van der Waals surface area contributed by atoms with Crippen molar-refractivity contribution in [3.8, 4) is 0 Å². The summed E-state index contributed by atoms with van der Waals surface area (Å²) in [5, 5.41) is 21.0. The van der Waals surface area contributed by atoms with E-state index in [1.165, 1.54) is 0 Å². The highest BCUT2D eigenvalue weighted by Gasteiger charge is 2.42. The third-order valence-corrected chi connectivity index (χ3v) is 4.55. The van der Waals surface area contributed by atoms with E-state index in [0.29, 0.717) is 10.7 Å². The van der Waals surface area contributed by atoms with Gasteiger partial charge in [-0.1, -0.05) is 23.7 Å². The molecule has 0 spiro atoms. The molecule has 9 heteroatoms. The van der Waals surface area contributed by atoms with Crippen molar-refractivity contribution in [1.29, 1.82) is 0 Å². The molecule has 7 nitrogen and oxygen atoms in total. The number of para-hydroxylation sites is 1. The summed E-state index contributed by atoms with van der Waals surface area (Å²) in [6.07, 6.45) is -0.607. The molecular weight excluding hydrogens is 333 g/mol. The van der Waals surface area contributed by atoms with Crippen LogP contribution in [0.4, 0.5) is 5.69 Å². The standard InChI is InChI=1S/C13H15ClNO6P/c14-9-3-1-2-4-10(9)15-7-11(22(20)21)8(13(18)19)5-6-12(16)17/h1-4,8,11,15H,5-7H2,(H2-,16,17,18,19,20,21)/p+1. The molecule has 1 aromatic carbocycles. The molecule has 4 N–H and O–H groups in total. The number of aliphatic carboxylic acids is 2. The lowest BCUT2D eigenvalue weighted by Crippen LogP contribution is -2.32. The van der Waals surface area contributed by atoms with E-state index in [2.05, 4.69) is 5.32 Å². The summed E-state index contributed by atoms with van der Waals surface area (Å²) in [4.78, 5) is 31.2. The Balaban J connectivity index is 2.82. The summed E-state index contributed by atoms with van der Waals surface area (Å²) < 4.78 is 11.5. The lowest BCUT2D eigenvalue weighted by atomic mass is 9.99. The first kappa shape index (κ1) is 18.4. The van der Waals surface area contributed by atoms with Crippen LogP contribution in [0.1, 0.15) is 12.8 Å². The summed E-state index contributed by atoms with van der Waals surface area (Å²) in [7, 11) is -2.80. The third kappa shape index (κ3) is 5.60. The fourth-order valence-electron chi connectivity index (χ4n) is 1.95. The fraction of sp³-hybridized carbons (Fsp3) is 0.385. The van der Waals surface area contributed by atoms with Gasteiger partial charge in [0.25, 0.3) is 0 Å². The van der Waals surface area contributed by atoms with Crippen molar-refractivity contribution in [2.75, 3.05) is 11.9 Å². The summed E-state index contributed by atoms with van der Waals surface area (Å²) >= 11 is 5.94. The van der Waals surface area contributed by atoms with Gasteiger partial charge in [-0.3, -0.25) is 9.59 Å². The average molecular weight is 349 g/mol. The van der Waals surface area contributed by atoms with Gasteiger partial charge in [0.2, 0.25) is 5.66 Å². The Labute approximate surface area is 132 Å². The van der Waals surface area contributed by atoms with Crippen LogP contribution in [0, 0.1) is 5.92 Å². The maximum absolute atomic E-state index is 11.5. The van der Waals surface area contributed by atoms with Gasteiger partial charge in [0.15, 0.2) is 0 Å². The highest BCUT2D eigenvalue weighted by Crippen LogP contribution is 2.33. The van der Waals surface area contributed by atoms with Crippen molar-refractivity contribution in [2.24, 2.45) is 5.92 Å². The summed E-state index contributed by atoms with van der Waals surface area (Å²) in [6.45, 7) is -0.105. The minimum Gasteiger partial charge on any atom is -0.481 e. The van der Waals surface area contributed by atoms with E-state index < -0.39 is 31.5 Å². The number of halogens is 1. The molecule has 0 bridgehead atoms. The molecule has 0 saturated heterocycles. The van der Waals surface area contributed by atoms with Crippen LogP contribution in [-0.4, -0.2) is 39.2 Å². The fourth-order valence-corrected chi connectivity index (χ4v) is 2.99. The highest BCUT2D eigenvalue weighted by molar-refractivity contribution is 7.39. The molecule has 0 fully saturated rings. The van der Waals surface area contributed by atoms with Crippen molar-refractivity contribution in [3.63, 3.8) is 0 Å². The molecule has 0 amide bonds. The molecule has 1 aromatic rings. The van der Waals surface area contributed by atoms with Crippen molar-refractivity contribution in [3.05, 3.63) is 29.3 Å². The molecule has 0 heterocycles. The molecule has 0 aliphatic carbocycles. The topological polar surface area (TPSA) is 124 Å². The Morgan fingerprint density at radius 1 is 1.27 bits per heavy atom. The lowest BCUT2D eigenvalue weighted by Gasteiger charge is -2.15. The minimum atomic E-state index is -2.80. The van der Waals surface area contributed by atoms with E-state index >= 15 is 0 Å². The number of hydrogen-bond acceptors (Lipinski definition) is 4. The van der Waals surface area contributed by atoms with E-state index in [1.807, 2.05) is 0 Å². The smallest absolute Gasteiger partial charge is 0.481 e. The molecule has 0 radical (unpaired) electrons. The number of hydrogen-bond donors (Lipinski definition) is 4. The highest BCUT2D eigenvalue weighted by atomic mass is 35.5. The third-order valence-electron chi connectivity index (χ3n) is 3.11. The van der Waals surface area contributed by atoms with Gasteiger partial charge in [-0.25, -0.2) is 0 Å². The number of nitrogens with one attached hydrogen (secondary N) is 1. The zero-order valence-electron chi connectivity index (χ0n) is 11.5. The number of rotatable bonds is 9. The van der Waals surface area contributed by atoms with Crippen LogP contribution in [-0.2, 0) is 14.2 Å². The molecule has 3 unspecified atom stereocenters. The van der Waals surface area contributed by atoms with E-state index in [-0.39, 0.29) is 19.4 Å². The van der Waals surface area contributed by atoms with Crippen molar-refractivity contribution in [2.45, 2.75) is 18.5 Å². The van der Waals surface area contributed by atoms with Gasteiger partial charge in [0.05, 0.1) is 17.3 Å². The van der Waals surface area contributed by atoms with E-state index in [4.69, 9.17) is 16.7 Å². The maximum Gasteiger partial charge on any atom is 0.511 e. The van der Waals surface area contributed by atoms with E-state index in [9.17, 15) is 24.2 Å². The van der Waals surface area contributed by atoms with Crippen LogP contribution >= 0.6 is 19.6 Å². The Bertz CT molecular complexity index is 567. The normalized spacial score (nSPS) is 14.0. The second-order valence-electron chi connectivity index (χ2n) is 4.61. The largest absolute Gasteiger partial charge is 0.511 e. The molecule has 3 atom stereocenters. The second kappa shape index (κ2) is 8.68. The monoisotopic (exact) mass is 348 g/mol. The summed E-state index contributed by atoms with van der Waals surface area (Å²) in [5.41, 5.74) is -0.614. The summed E-state index contributed by atoms with van der Waals surface area (Å²) in [5.74, 6) is -3.69. The molecular formula is C13H16ClNO6P+. The van der Waals surface area contributed by atoms with Crippen molar-refractivity contribution >= 4 is 37.3 Å². The van der Waals surface area contributed by atoms with E-state index in [0.717, 1.165) is 0 Å². The van der Waals surface area contributed by atoms with Crippen LogP contribution in [0.25, 0.3) is 0 Å². The molecule has 120 valence electrons. The van der Waals surface area contributed by atoms with Gasteiger partial charge in [-0.2, -0.15) is 4.89 Å². The molecule has 0 saturated carbocycles. The number of carboxylic acid groups (broad SMARTS) is 2. The van der Waals surface area contributed by atoms with Gasteiger partial charge in [-0.15, -0.1) is 0 Å². The number of carboxylic acids is 2. The van der Waals surface area contributed by atoms with Crippen LogP contribution in [0.2, 0.25) is 5.02 Å². The molecule has 1 rings (SSSR count). The zero-order valence-corrected chi connectivity index (χ0v) is 13.1. The minimum absolute atomic E-state index is 0.105. The number of carbonyl (C=O) groups is 2. The van der Waals surface area contributed by atoms with Crippen LogP contribution in [0.5, 0.6) is 0 Å². The SMILES string of the molecule is O=C(O)CCC(C(=O)O)C(CNc1ccccc1Cl)[P+](=O)O. The first-order valence-corrected chi connectivity index (χ1v) is 8.07. The quantitative estimate of drug-likeness (QED) is 0.505. The average Bonchev–Trinajstić information content (AvgIpc) is 2.42. The van der Waals surface area contributed by atoms with Crippen molar-refractivity contribution < 1.29 is 29.3 Å². The Morgan fingerprint density at radius 2 is 1.91 bits per heavy atom. The van der Waals surface area contributed by atoms with Gasteiger partial charge in [0, 0.05) is 6.42 Å². The number of benzene rings is 1. The van der Waals surface area contributed by atoms with Gasteiger partial charge in [0.1, 0.15) is 5.92 Å². The van der Waals surface area contributed by atoms with E-state index in [1.54, 1.807) is 24.3 Å². The first-order chi connectivity index (χ1) is 10.3. The van der Waals surface area contributed by atoms with Gasteiger partial charge >= 0.3 is 20.0 Å². The maximum atomic E-state index is 11.5. The second-order valence-corrected chi connectivity index (χ2v) is 6.28. The zero-order chi connectivity index (χ0) is 16.7. The summed E-state index contributed by atoms with van der Waals surface area (Å²) in [6, 6.07) is 6.69. The molecule has 0 aromatic heterocycles. The van der Waals surface area contributed by atoms with Crippen LogP contribution in [0.15, 0.2) is 24.3 Å². The van der Waals surface area contributed by atoms with Gasteiger partial charge < -0.3 is 15.5 Å². The van der Waals surface area contributed by atoms with Crippen LogP contribution in [0.3, 0.4) is 0 Å².